The third kappa shape index (κ3) is 3.62. The predicted octanol–water partition coefficient (Wildman–Crippen LogP) is 3.21. The fourth-order valence-electron chi connectivity index (χ4n) is 2.75. The first-order valence-electron chi connectivity index (χ1n) is 7.09. The lowest BCUT2D eigenvalue weighted by atomic mass is 10.2. The average Bonchev–Trinajstić information content (AvgIpc) is 2.93. The Kier molecular flexibility index (Phi) is 5.71. The van der Waals surface area contributed by atoms with Crippen molar-refractivity contribution in [2.75, 3.05) is 26.2 Å². The largest absolute Gasteiger partial charge is 0.300 e. The molecule has 0 N–H and O–H groups in total. The van der Waals surface area contributed by atoms with E-state index in [1.54, 1.807) is 22.5 Å². The highest BCUT2D eigenvalue weighted by molar-refractivity contribution is 9.10. The Morgan fingerprint density at radius 1 is 1.38 bits per heavy atom. The first-order valence-corrected chi connectivity index (χ1v) is 9.70. The van der Waals surface area contributed by atoms with Gasteiger partial charge in [0.25, 0.3) is 0 Å². The quantitative estimate of drug-likeness (QED) is 0.768. The lowest BCUT2D eigenvalue weighted by Crippen LogP contribution is -2.38. The summed E-state index contributed by atoms with van der Waals surface area (Å²) in [6, 6.07) is 5.05. The van der Waals surface area contributed by atoms with E-state index < -0.39 is 10.0 Å². The zero-order valence-corrected chi connectivity index (χ0v) is 15.4. The molecule has 1 aliphatic heterocycles. The van der Waals surface area contributed by atoms with Crippen molar-refractivity contribution in [2.45, 2.75) is 31.2 Å². The highest BCUT2D eigenvalue weighted by Gasteiger charge is 2.34. The molecule has 1 aromatic rings. The molecule has 0 saturated carbocycles. The molecule has 1 unspecified atom stereocenters. The Balaban J connectivity index is 2.19. The van der Waals surface area contributed by atoms with E-state index in [0.29, 0.717) is 33.5 Å². The van der Waals surface area contributed by atoms with Crippen molar-refractivity contribution >= 4 is 37.6 Å². The Bertz CT molecular complexity index is 605. The number of halogens is 2. The van der Waals surface area contributed by atoms with Crippen molar-refractivity contribution in [1.82, 2.24) is 9.21 Å². The Morgan fingerprint density at radius 2 is 2.05 bits per heavy atom. The van der Waals surface area contributed by atoms with Gasteiger partial charge in [0.2, 0.25) is 10.0 Å². The van der Waals surface area contributed by atoms with Crippen LogP contribution in [0.2, 0.25) is 5.02 Å². The van der Waals surface area contributed by atoms with Gasteiger partial charge in [-0.3, -0.25) is 4.90 Å². The third-order valence-electron chi connectivity index (χ3n) is 3.98. The van der Waals surface area contributed by atoms with Gasteiger partial charge in [-0.2, -0.15) is 4.31 Å². The zero-order chi connectivity index (χ0) is 15.6. The van der Waals surface area contributed by atoms with Gasteiger partial charge in [0, 0.05) is 23.6 Å². The van der Waals surface area contributed by atoms with Crippen molar-refractivity contribution in [1.29, 1.82) is 0 Å². The number of benzene rings is 1. The number of rotatable bonds is 5. The summed E-state index contributed by atoms with van der Waals surface area (Å²) in [5, 5.41) is 0.511. The average molecular weight is 396 g/mol. The molecule has 1 saturated heterocycles. The van der Waals surface area contributed by atoms with Gasteiger partial charge in [-0.05, 0) is 53.6 Å². The van der Waals surface area contributed by atoms with Crippen molar-refractivity contribution in [3.63, 3.8) is 0 Å². The lowest BCUT2D eigenvalue weighted by Gasteiger charge is -2.26. The highest BCUT2D eigenvalue weighted by atomic mass is 79.9. The van der Waals surface area contributed by atoms with Gasteiger partial charge >= 0.3 is 0 Å². The van der Waals surface area contributed by atoms with E-state index >= 15 is 0 Å². The lowest BCUT2D eigenvalue weighted by molar-refractivity contribution is 0.224. The molecule has 21 heavy (non-hydrogen) atoms. The fraction of sp³-hybridized carbons (Fsp3) is 0.571. The maximum Gasteiger partial charge on any atom is 0.243 e. The number of hydrogen-bond acceptors (Lipinski definition) is 3. The number of likely N-dealkylation sites (N-methyl/N-ethyl adjacent to an activating group) is 1. The summed E-state index contributed by atoms with van der Waals surface area (Å²) in [4.78, 5) is 2.60. The van der Waals surface area contributed by atoms with Gasteiger partial charge in [0.05, 0.1) is 9.92 Å². The highest BCUT2D eigenvalue weighted by Crippen LogP contribution is 2.29. The summed E-state index contributed by atoms with van der Waals surface area (Å²) in [7, 11) is -3.44. The van der Waals surface area contributed by atoms with E-state index in [0.717, 1.165) is 19.5 Å². The van der Waals surface area contributed by atoms with Crippen LogP contribution in [0.5, 0.6) is 0 Å². The van der Waals surface area contributed by atoms with E-state index in [1.807, 2.05) is 0 Å². The molecule has 1 heterocycles. The topological polar surface area (TPSA) is 40.6 Å². The Morgan fingerprint density at radius 3 is 2.62 bits per heavy atom. The molecule has 0 aromatic heterocycles. The SMILES string of the molecule is CCN(CC)C1CCN(S(=O)(=O)c2ccc(Cl)c(Br)c2)C1. The first-order chi connectivity index (χ1) is 9.90. The summed E-state index contributed by atoms with van der Waals surface area (Å²) in [6.45, 7) is 7.24. The maximum atomic E-state index is 12.7. The predicted molar refractivity (Wildman–Crippen MR) is 89.2 cm³/mol. The van der Waals surface area contributed by atoms with Crippen LogP contribution >= 0.6 is 27.5 Å². The van der Waals surface area contributed by atoms with E-state index in [2.05, 4.69) is 34.7 Å². The summed E-state index contributed by atoms with van der Waals surface area (Å²) >= 11 is 9.21. The van der Waals surface area contributed by atoms with E-state index in [4.69, 9.17) is 11.6 Å². The van der Waals surface area contributed by atoms with Crippen molar-refractivity contribution in [2.24, 2.45) is 0 Å². The molecule has 0 amide bonds. The van der Waals surface area contributed by atoms with Gasteiger partial charge in [0.15, 0.2) is 0 Å². The van der Waals surface area contributed by atoms with Crippen molar-refractivity contribution < 1.29 is 8.42 Å². The van der Waals surface area contributed by atoms with Crippen LogP contribution in [0.15, 0.2) is 27.6 Å². The minimum Gasteiger partial charge on any atom is -0.300 e. The van der Waals surface area contributed by atoms with Gasteiger partial charge in [-0.15, -0.1) is 0 Å². The monoisotopic (exact) mass is 394 g/mol. The van der Waals surface area contributed by atoms with Crippen molar-refractivity contribution in [3.05, 3.63) is 27.7 Å². The summed E-state index contributed by atoms with van der Waals surface area (Å²) < 4.78 is 27.5. The van der Waals surface area contributed by atoms with Crippen molar-refractivity contribution in [3.8, 4) is 0 Å². The summed E-state index contributed by atoms with van der Waals surface area (Å²) in [5.74, 6) is 0. The molecule has 0 bridgehead atoms. The molecule has 0 aliphatic carbocycles. The van der Waals surface area contributed by atoms with Crippen LogP contribution in [-0.4, -0.2) is 49.8 Å². The van der Waals surface area contributed by atoms with E-state index in [9.17, 15) is 8.42 Å². The Hall–Kier alpha value is -0.140. The van der Waals surface area contributed by atoms with E-state index in [1.165, 1.54) is 0 Å². The summed E-state index contributed by atoms with van der Waals surface area (Å²) in [6.07, 6.45) is 0.885. The molecule has 2 rings (SSSR count). The molecule has 1 aliphatic rings. The molecule has 118 valence electrons. The number of hydrogen-bond donors (Lipinski definition) is 0. The Labute approximate surface area is 140 Å². The molecule has 1 aromatic carbocycles. The van der Waals surface area contributed by atoms with Gasteiger partial charge in [-0.25, -0.2) is 8.42 Å². The third-order valence-corrected chi connectivity index (χ3v) is 7.06. The number of sulfonamides is 1. The molecule has 0 radical (unpaired) electrons. The van der Waals surface area contributed by atoms with Gasteiger partial charge in [-0.1, -0.05) is 25.4 Å². The second kappa shape index (κ2) is 6.96. The molecular weight excluding hydrogens is 376 g/mol. The van der Waals surface area contributed by atoms with Gasteiger partial charge in [0.1, 0.15) is 0 Å². The number of nitrogens with zero attached hydrogens (tertiary/aromatic N) is 2. The van der Waals surface area contributed by atoms with Crippen LogP contribution < -0.4 is 0 Å². The smallest absolute Gasteiger partial charge is 0.243 e. The zero-order valence-electron chi connectivity index (χ0n) is 12.2. The van der Waals surface area contributed by atoms with Crippen LogP contribution in [0, 0.1) is 0 Å². The van der Waals surface area contributed by atoms with Crippen LogP contribution in [0.1, 0.15) is 20.3 Å². The van der Waals surface area contributed by atoms with Crippen LogP contribution in [-0.2, 0) is 10.0 Å². The van der Waals surface area contributed by atoms with Crippen LogP contribution in [0.3, 0.4) is 0 Å². The normalized spacial score (nSPS) is 20.3. The molecule has 1 atom stereocenters. The summed E-state index contributed by atoms with van der Waals surface area (Å²) in [5.41, 5.74) is 0. The second-order valence-electron chi connectivity index (χ2n) is 5.10. The van der Waals surface area contributed by atoms with E-state index in [-0.39, 0.29) is 0 Å². The van der Waals surface area contributed by atoms with Crippen LogP contribution in [0.25, 0.3) is 0 Å². The molecule has 7 heteroatoms. The van der Waals surface area contributed by atoms with Gasteiger partial charge < -0.3 is 0 Å². The second-order valence-corrected chi connectivity index (χ2v) is 8.30. The maximum absolute atomic E-state index is 12.7. The van der Waals surface area contributed by atoms with Crippen LogP contribution in [0.4, 0.5) is 0 Å². The standard InChI is InChI=1S/C14H20BrClN2O2S/c1-3-17(4-2)11-7-8-18(10-11)21(19,20)12-5-6-14(16)13(15)9-12/h5-6,9,11H,3-4,7-8,10H2,1-2H3. The minimum absolute atomic E-state index is 0.291. The molecule has 0 spiro atoms. The molecule has 1 fully saturated rings. The first kappa shape index (κ1) is 17.2. The molecular formula is C14H20BrClN2O2S. The minimum atomic E-state index is -3.44. The molecule has 4 nitrogen and oxygen atoms in total. The fourth-order valence-corrected chi connectivity index (χ4v) is 4.92.